The molecule has 0 aromatic carbocycles. The number of nitrogens with two attached hydrogens (primary N) is 1. The van der Waals surface area contributed by atoms with Crippen LogP contribution < -0.4 is 11.1 Å². The Morgan fingerprint density at radius 2 is 2.19 bits per heavy atom. The van der Waals surface area contributed by atoms with E-state index in [4.69, 9.17) is 10.5 Å². The van der Waals surface area contributed by atoms with Crippen molar-refractivity contribution in [3.8, 4) is 0 Å². The van der Waals surface area contributed by atoms with Crippen LogP contribution in [0.2, 0.25) is 0 Å². The molecule has 0 spiro atoms. The maximum absolute atomic E-state index is 11.6. The van der Waals surface area contributed by atoms with E-state index in [-0.39, 0.29) is 23.9 Å². The summed E-state index contributed by atoms with van der Waals surface area (Å²) < 4.78 is 4.90. The van der Waals surface area contributed by atoms with Crippen molar-refractivity contribution in [2.75, 3.05) is 20.3 Å². The molecule has 3 N–H and O–H groups in total. The number of nitrogens with one attached hydrogen (secondary N) is 1. The van der Waals surface area contributed by atoms with Crippen LogP contribution in [-0.4, -0.2) is 31.7 Å². The molecule has 5 heteroatoms. The minimum atomic E-state index is -0.190. The Hall–Kier alpha value is -0.320. The van der Waals surface area contributed by atoms with E-state index >= 15 is 0 Å². The lowest BCUT2D eigenvalue weighted by Gasteiger charge is -2.29. The number of hydrogen-bond acceptors (Lipinski definition) is 3. The molecule has 1 amide bonds. The highest BCUT2D eigenvalue weighted by Crippen LogP contribution is 2.38. The molecule has 0 aromatic heterocycles. The zero-order valence-corrected chi connectivity index (χ0v) is 10.9. The van der Waals surface area contributed by atoms with Gasteiger partial charge in [0.15, 0.2) is 0 Å². The molecule has 0 radical (unpaired) electrons. The Labute approximate surface area is 104 Å². The van der Waals surface area contributed by atoms with Crippen molar-refractivity contribution >= 4 is 18.3 Å². The normalized spacial score (nSPS) is 18.4. The lowest BCUT2D eigenvalue weighted by Crippen LogP contribution is -2.53. The molecule has 96 valence electrons. The third kappa shape index (κ3) is 4.68. The van der Waals surface area contributed by atoms with E-state index < -0.39 is 0 Å². The maximum Gasteiger partial charge on any atom is 0.220 e. The lowest BCUT2D eigenvalue weighted by atomic mass is 9.95. The fraction of sp³-hybridized carbons (Fsp3) is 0.909. The first-order valence-electron chi connectivity index (χ1n) is 5.62. The lowest BCUT2D eigenvalue weighted by molar-refractivity contribution is -0.123. The summed E-state index contributed by atoms with van der Waals surface area (Å²) in [5.41, 5.74) is 5.52. The number of amides is 1. The molecule has 1 saturated carbocycles. The van der Waals surface area contributed by atoms with E-state index in [0.29, 0.717) is 25.5 Å². The highest BCUT2D eigenvalue weighted by atomic mass is 35.5. The SMILES string of the molecule is COCCCC(=O)NC(C)(CN)C1CC1.Cl. The molecule has 0 saturated heterocycles. The van der Waals surface area contributed by atoms with Gasteiger partial charge in [-0.15, -0.1) is 12.4 Å². The Morgan fingerprint density at radius 3 is 2.62 bits per heavy atom. The first kappa shape index (κ1) is 15.7. The number of hydrogen-bond donors (Lipinski definition) is 2. The van der Waals surface area contributed by atoms with Crippen LogP contribution in [0.3, 0.4) is 0 Å². The van der Waals surface area contributed by atoms with Crippen LogP contribution in [0.1, 0.15) is 32.6 Å². The maximum atomic E-state index is 11.6. The number of carbonyl (C=O) groups excluding carboxylic acids is 1. The Bertz CT molecular complexity index is 222. The van der Waals surface area contributed by atoms with Crippen LogP contribution >= 0.6 is 12.4 Å². The number of ether oxygens (including phenoxy) is 1. The second kappa shape index (κ2) is 7.09. The van der Waals surface area contributed by atoms with Crippen LogP contribution in [0.5, 0.6) is 0 Å². The second-order valence-electron chi connectivity index (χ2n) is 4.54. The van der Waals surface area contributed by atoms with Gasteiger partial charge in [-0.2, -0.15) is 0 Å². The number of halogens is 1. The predicted molar refractivity (Wildman–Crippen MR) is 66.7 cm³/mol. The van der Waals surface area contributed by atoms with Crippen molar-refractivity contribution in [1.29, 1.82) is 0 Å². The summed E-state index contributed by atoms with van der Waals surface area (Å²) in [5, 5.41) is 3.04. The molecular weight excluding hydrogens is 228 g/mol. The van der Waals surface area contributed by atoms with Gasteiger partial charge >= 0.3 is 0 Å². The van der Waals surface area contributed by atoms with Gasteiger partial charge < -0.3 is 15.8 Å². The summed E-state index contributed by atoms with van der Waals surface area (Å²) in [6.45, 7) is 3.20. The van der Waals surface area contributed by atoms with E-state index in [9.17, 15) is 4.79 Å². The molecule has 0 heterocycles. The van der Waals surface area contributed by atoms with E-state index in [1.807, 2.05) is 6.92 Å². The second-order valence-corrected chi connectivity index (χ2v) is 4.54. The summed E-state index contributed by atoms with van der Waals surface area (Å²) in [4.78, 5) is 11.6. The van der Waals surface area contributed by atoms with Crippen molar-refractivity contribution in [1.82, 2.24) is 5.32 Å². The van der Waals surface area contributed by atoms with E-state index in [1.54, 1.807) is 7.11 Å². The molecule has 1 rings (SSSR count). The summed E-state index contributed by atoms with van der Waals surface area (Å²) in [6.07, 6.45) is 3.67. The largest absolute Gasteiger partial charge is 0.385 e. The molecule has 1 aliphatic carbocycles. The van der Waals surface area contributed by atoms with E-state index in [2.05, 4.69) is 5.32 Å². The molecule has 1 unspecified atom stereocenters. The molecule has 1 fully saturated rings. The van der Waals surface area contributed by atoms with Gasteiger partial charge in [0.25, 0.3) is 0 Å². The van der Waals surface area contributed by atoms with Crippen molar-refractivity contribution in [3.05, 3.63) is 0 Å². The van der Waals surface area contributed by atoms with Crippen LogP contribution in [0.25, 0.3) is 0 Å². The zero-order valence-electron chi connectivity index (χ0n) is 10.1. The summed E-state index contributed by atoms with van der Waals surface area (Å²) >= 11 is 0. The molecule has 16 heavy (non-hydrogen) atoms. The third-order valence-corrected chi connectivity index (χ3v) is 3.08. The van der Waals surface area contributed by atoms with Gasteiger partial charge in [-0.1, -0.05) is 0 Å². The number of methoxy groups -OCH3 is 1. The average molecular weight is 251 g/mol. The fourth-order valence-corrected chi connectivity index (χ4v) is 1.80. The highest BCUT2D eigenvalue weighted by molar-refractivity contribution is 5.85. The number of rotatable bonds is 7. The molecule has 0 aliphatic heterocycles. The summed E-state index contributed by atoms with van der Waals surface area (Å²) in [5.74, 6) is 0.667. The summed E-state index contributed by atoms with van der Waals surface area (Å²) in [6, 6.07) is 0. The number of carbonyl (C=O) groups is 1. The van der Waals surface area contributed by atoms with E-state index in [0.717, 1.165) is 6.42 Å². The van der Waals surface area contributed by atoms with Gasteiger partial charge in [-0.25, -0.2) is 0 Å². The Kier molecular flexibility index (Phi) is 6.95. The Balaban J connectivity index is 0.00000225. The van der Waals surface area contributed by atoms with Crippen molar-refractivity contribution in [2.45, 2.75) is 38.1 Å². The quantitative estimate of drug-likeness (QED) is 0.665. The highest BCUT2D eigenvalue weighted by Gasteiger charge is 2.41. The molecule has 1 aliphatic rings. The first-order chi connectivity index (χ1) is 7.12. The van der Waals surface area contributed by atoms with Crippen molar-refractivity contribution < 1.29 is 9.53 Å². The third-order valence-electron chi connectivity index (χ3n) is 3.08. The van der Waals surface area contributed by atoms with Crippen LogP contribution in [0.15, 0.2) is 0 Å². The topological polar surface area (TPSA) is 64.3 Å². The molecule has 4 nitrogen and oxygen atoms in total. The minimum absolute atomic E-state index is 0. The zero-order chi connectivity index (χ0) is 11.3. The minimum Gasteiger partial charge on any atom is -0.385 e. The van der Waals surface area contributed by atoms with Gasteiger partial charge in [0.2, 0.25) is 5.91 Å². The molecular formula is C11H23ClN2O2. The van der Waals surface area contributed by atoms with Crippen LogP contribution in [0.4, 0.5) is 0 Å². The first-order valence-corrected chi connectivity index (χ1v) is 5.62. The Morgan fingerprint density at radius 1 is 1.56 bits per heavy atom. The van der Waals surface area contributed by atoms with Gasteiger partial charge in [-0.3, -0.25) is 4.79 Å². The molecule has 1 atom stereocenters. The average Bonchev–Trinajstić information content (AvgIpc) is 3.01. The van der Waals surface area contributed by atoms with Crippen LogP contribution in [-0.2, 0) is 9.53 Å². The molecule has 0 bridgehead atoms. The van der Waals surface area contributed by atoms with E-state index in [1.165, 1.54) is 12.8 Å². The fourth-order valence-electron chi connectivity index (χ4n) is 1.80. The van der Waals surface area contributed by atoms with Gasteiger partial charge in [0.1, 0.15) is 0 Å². The van der Waals surface area contributed by atoms with Gasteiger partial charge in [0, 0.05) is 26.7 Å². The van der Waals surface area contributed by atoms with Crippen molar-refractivity contribution in [3.63, 3.8) is 0 Å². The van der Waals surface area contributed by atoms with Crippen LogP contribution in [0, 0.1) is 5.92 Å². The predicted octanol–water partition coefficient (Wildman–Crippen LogP) is 1.08. The molecule has 0 aromatic rings. The monoisotopic (exact) mass is 250 g/mol. The van der Waals surface area contributed by atoms with Gasteiger partial charge in [-0.05, 0) is 32.1 Å². The smallest absolute Gasteiger partial charge is 0.220 e. The van der Waals surface area contributed by atoms with Gasteiger partial charge in [0.05, 0.1) is 5.54 Å². The standard InChI is InChI=1S/C11H22N2O2.ClH/c1-11(8-12,9-5-6-9)13-10(14)4-3-7-15-2;/h9H,3-8,12H2,1-2H3,(H,13,14);1H. The van der Waals surface area contributed by atoms with Crippen molar-refractivity contribution in [2.24, 2.45) is 11.7 Å². The summed E-state index contributed by atoms with van der Waals surface area (Å²) in [7, 11) is 1.64.